The standard InChI is InChI=1S/C22H29N3O2S.C4H5NO.C2H6/c1-14(2)10-20(26)25-9-5-6-19(25)22(27)23-12-18-8-7-17(11-15(18)3)21-16(4)24-13-28-21;1-4-2-3-6-5-4;1-2/h7-8,11,13-14,19H,5-6,9-10,12H2,1-4H3,(H,23,27);2-3H,1H3;1-2H3. The number of likely N-dealkylation sites (tertiary alicyclic amines) is 1. The number of rotatable bonds is 6. The van der Waals surface area contributed by atoms with Crippen LogP contribution in [0.1, 0.15) is 69.5 Å². The van der Waals surface area contributed by atoms with Gasteiger partial charge < -0.3 is 14.7 Å². The molecule has 1 aliphatic rings. The number of nitrogens with one attached hydrogen (secondary N) is 1. The fourth-order valence-corrected chi connectivity index (χ4v) is 4.79. The van der Waals surface area contributed by atoms with Gasteiger partial charge in [0.1, 0.15) is 12.3 Å². The van der Waals surface area contributed by atoms with E-state index in [-0.39, 0.29) is 17.9 Å². The van der Waals surface area contributed by atoms with Crippen LogP contribution in [0.5, 0.6) is 0 Å². The molecule has 0 radical (unpaired) electrons. The fourth-order valence-electron chi connectivity index (χ4n) is 3.99. The molecule has 196 valence electrons. The molecular formula is C28H40N4O3S. The van der Waals surface area contributed by atoms with Gasteiger partial charge in [0.25, 0.3) is 0 Å². The Bertz CT molecular complexity index is 1090. The van der Waals surface area contributed by atoms with Crippen molar-refractivity contribution in [3.63, 3.8) is 0 Å². The minimum atomic E-state index is -0.328. The van der Waals surface area contributed by atoms with E-state index < -0.39 is 0 Å². The van der Waals surface area contributed by atoms with Gasteiger partial charge in [0.05, 0.1) is 21.8 Å². The Morgan fingerprint density at radius 2 is 1.94 bits per heavy atom. The van der Waals surface area contributed by atoms with Gasteiger partial charge in [-0.3, -0.25) is 9.59 Å². The van der Waals surface area contributed by atoms with Crippen LogP contribution in [0.2, 0.25) is 0 Å². The minimum Gasteiger partial charge on any atom is -0.365 e. The molecule has 0 saturated carbocycles. The van der Waals surface area contributed by atoms with Crippen molar-refractivity contribution >= 4 is 23.2 Å². The first-order valence-electron chi connectivity index (χ1n) is 12.7. The first kappa shape index (κ1) is 29.2. The molecular weight excluding hydrogens is 472 g/mol. The second-order valence-corrected chi connectivity index (χ2v) is 9.96. The van der Waals surface area contributed by atoms with Gasteiger partial charge in [-0.2, -0.15) is 0 Å². The van der Waals surface area contributed by atoms with Gasteiger partial charge in [0, 0.05) is 25.6 Å². The molecule has 36 heavy (non-hydrogen) atoms. The highest BCUT2D eigenvalue weighted by Crippen LogP contribution is 2.29. The lowest BCUT2D eigenvalue weighted by molar-refractivity contribution is -0.139. The Labute approximate surface area is 219 Å². The smallest absolute Gasteiger partial charge is 0.243 e. The predicted octanol–water partition coefficient (Wildman–Crippen LogP) is 6.09. The first-order chi connectivity index (χ1) is 17.3. The summed E-state index contributed by atoms with van der Waals surface area (Å²) in [5.74, 6) is 0.352. The van der Waals surface area contributed by atoms with Crippen molar-refractivity contribution < 1.29 is 14.1 Å². The van der Waals surface area contributed by atoms with Crippen LogP contribution in [0.4, 0.5) is 0 Å². The topological polar surface area (TPSA) is 88.3 Å². The number of nitrogens with zero attached hydrogens (tertiary/aromatic N) is 3. The summed E-state index contributed by atoms with van der Waals surface area (Å²) in [6, 6.07) is 7.78. The van der Waals surface area contributed by atoms with E-state index in [1.165, 1.54) is 4.88 Å². The molecule has 3 heterocycles. The van der Waals surface area contributed by atoms with E-state index in [1.54, 1.807) is 28.6 Å². The molecule has 2 amide bonds. The maximum absolute atomic E-state index is 12.7. The Morgan fingerprint density at radius 1 is 1.19 bits per heavy atom. The summed E-state index contributed by atoms with van der Waals surface area (Å²) in [4.78, 5) is 32.4. The number of hydrogen-bond acceptors (Lipinski definition) is 6. The lowest BCUT2D eigenvalue weighted by Gasteiger charge is -2.25. The molecule has 1 unspecified atom stereocenters. The van der Waals surface area contributed by atoms with E-state index in [9.17, 15) is 9.59 Å². The zero-order valence-corrected chi connectivity index (χ0v) is 23.4. The number of thiazole rings is 1. The second-order valence-electron chi connectivity index (χ2n) is 9.11. The summed E-state index contributed by atoms with van der Waals surface area (Å²) in [6.45, 7) is 15.2. The monoisotopic (exact) mass is 512 g/mol. The van der Waals surface area contributed by atoms with Gasteiger partial charge in [-0.1, -0.05) is 51.1 Å². The molecule has 1 atom stereocenters. The van der Waals surface area contributed by atoms with Gasteiger partial charge in [-0.25, -0.2) is 4.98 Å². The molecule has 1 fully saturated rings. The van der Waals surface area contributed by atoms with Gasteiger partial charge >= 0.3 is 0 Å². The van der Waals surface area contributed by atoms with Crippen molar-refractivity contribution in [1.29, 1.82) is 0 Å². The van der Waals surface area contributed by atoms with Crippen molar-refractivity contribution in [2.45, 2.75) is 80.3 Å². The van der Waals surface area contributed by atoms with E-state index in [2.05, 4.69) is 45.1 Å². The molecule has 1 saturated heterocycles. The summed E-state index contributed by atoms with van der Waals surface area (Å²) in [5.41, 5.74) is 7.23. The van der Waals surface area contributed by atoms with Gasteiger partial charge in [-0.15, -0.1) is 11.3 Å². The normalized spacial score (nSPS) is 14.6. The van der Waals surface area contributed by atoms with Crippen molar-refractivity contribution in [1.82, 2.24) is 20.4 Å². The van der Waals surface area contributed by atoms with E-state index in [0.29, 0.717) is 25.4 Å². The van der Waals surface area contributed by atoms with Crippen LogP contribution in [0.3, 0.4) is 0 Å². The molecule has 0 spiro atoms. The molecule has 0 bridgehead atoms. The average molecular weight is 513 g/mol. The predicted molar refractivity (Wildman–Crippen MR) is 146 cm³/mol. The molecule has 4 rings (SSSR count). The van der Waals surface area contributed by atoms with Gasteiger partial charge in [-0.05, 0) is 56.2 Å². The molecule has 1 aliphatic heterocycles. The first-order valence-corrected chi connectivity index (χ1v) is 13.6. The molecule has 1 aromatic carbocycles. The molecule has 8 heteroatoms. The second kappa shape index (κ2) is 14.5. The lowest BCUT2D eigenvalue weighted by atomic mass is 10.0. The largest absolute Gasteiger partial charge is 0.365 e. The van der Waals surface area contributed by atoms with E-state index >= 15 is 0 Å². The summed E-state index contributed by atoms with van der Waals surface area (Å²) in [6.07, 6.45) is 3.69. The zero-order chi connectivity index (χ0) is 26.7. The SMILES string of the molecule is CC.Cc1cc(-c2scnc2C)ccc1CNC(=O)C1CCCN1C(=O)CC(C)C.Cc1ccon1. The van der Waals surface area contributed by atoms with Gasteiger partial charge in [0.15, 0.2) is 0 Å². The number of aromatic nitrogens is 2. The summed E-state index contributed by atoms with van der Waals surface area (Å²) in [7, 11) is 0. The van der Waals surface area contributed by atoms with E-state index in [4.69, 9.17) is 0 Å². The van der Waals surface area contributed by atoms with Crippen molar-refractivity contribution in [2.75, 3.05) is 6.54 Å². The third-order valence-electron chi connectivity index (χ3n) is 5.83. The number of carbonyl (C=O) groups is 2. The zero-order valence-electron chi connectivity index (χ0n) is 22.6. The maximum Gasteiger partial charge on any atom is 0.243 e. The van der Waals surface area contributed by atoms with Crippen LogP contribution in [0.25, 0.3) is 10.4 Å². The highest BCUT2D eigenvalue weighted by Gasteiger charge is 2.33. The Hall–Kier alpha value is -3.00. The van der Waals surface area contributed by atoms with Crippen molar-refractivity contribution in [3.05, 3.63) is 58.6 Å². The maximum atomic E-state index is 12.7. The fraction of sp³-hybridized carbons (Fsp3) is 0.500. The molecule has 1 N–H and O–H groups in total. The van der Waals surface area contributed by atoms with Crippen LogP contribution in [0.15, 0.2) is 40.6 Å². The summed E-state index contributed by atoms with van der Waals surface area (Å²) >= 11 is 1.64. The van der Waals surface area contributed by atoms with Crippen LogP contribution in [-0.4, -0.2) is 39.4 Å². The molecule has 3 aromatic rings. The van der Waals surface area contributed by atoms with E-state index in [0.717, 1.165) is 40.9 Å². The average Bonchev–Trinajstić information content (AvgIpc) is 3.61. The number of carbonyl (C=O) groups excluding carboxylic acids is 2. The van der Waals surface area contributed by atoms with Crippen LogP contribution < -0.4 is 5.32 Å². The highest BCUT2D eigenvalue weighted by atomic mass is 32.1. The van der Waals surface area contributed by atoms with Crippen molar-refractivity contribution in [3.8, 4) is 10.4 Å². The Balaban J connectivity index is 0.000000491. The molecule has 7 nitrogen and oxygen atoms in total. The minimum absolute atomic E-state index is 0.0450. The van der Waals surface area contributed by atoms with Crippen LogP contribution in [-0.2, 0) is 16.1 Å². The summed E-state index contributed by atoms with van der Waals surface area (Å²) in [5, 5.41) is 6.58. The molecule has 2 aromatic heterocycles. The Morgan fingerprint density at radius 3 is 2.47 bits per heavy atom. The number of amides is 2. The molecule has 0 aliphatic carbocycles. The number of aryl methyl sites for hydroxylation is 3. The van der Waals surface area contributed by atoms with Crippen LogP contribution >= 0.6 is 11.3 Å². The quantitative estimate of drug-likeness (QED) is 0.432. The van der Waals surface area contributed by atoms with Gasteiger partial charge in [0.2, 0.25) is 11.8 Å². The summed E-state index contributed by atoms with van der Waals surface area (Å²) < 4.78 is 4.46. The lowest BCUT2D eigenvalue weighted by Crippen LogP contribution is -2.46. The Kier molecular flexibility index (Phi) is 11.8. The third-order valence-corrected chi connectivity index (χ3v) is 6.81. The number of benzene rings is 1. The van der Waals surface area contributed by atoms with E-state index in [1.807, 2.05) is 47.1 Å². The highest BCUT2D eigenvalue weighted by molar-refractivity contribution is 7.13. The van der Waals surface area contributed by atoms with Crippen LogP contribution in [0, 0.1) is 26.7 Å². The number of hydrogen-bond donors (Lipinski definition) is 1. The third kappa shape index (κ3) is 8.29. The van der Waals surface area contributed by atoms with Crippen molar-refractivity contribution in [2.24, 2.45) is 5.92 Å².